The average molecular weight is 297 g/mol. The van der Waals surface area contributed by atoms with Gasteiger partial charge in [0, 0.05) is 23.9 Å². The molecule has 1 spiro atoms. The lowest BCUT2D eigenvalue weighted by Crippen LogP contribution is -2.62. The maximum Gasteiger partial charge on any atom is 0.312 e. The summed E-state index contributed by atoms with van der Waals surface area (Å²) in [6.45, 7) is 0. The maximum atomic E-state index is 11.1. The van der Waals surface area contributed by atoms with E-state index in [1.54, 1.807) is 12.1 Å². The molecule has 0 heterocycles. The molecule has 1 aromatic rings. The highest BCUT2D eigenvalue weighted by Crippen LogP contribution is 2.54. The Morgan fingerprint density at radius 2 is 2.10 bits per heavy atom. The third kappa shape index (κ3) is 1.96. The van der Waals surface area contributed by atoms with Crippen LogP contribution in [-0.4, -0.2) is 17.1 Å². The van der Waals surface area contributed by atoms with Crippen molar-refractivity contribution in [1.29, 1.82) is 0 Å². The molecular formula is C14H17ClN2O3. The highest BCUT2D eigenvalue weighted by Gasteiger charge is 2.56. The van der Waals surface area contributed by atoms with E-state index in [0.717, 1.165) is 32.1 Å². The molecule has 2 aliphatic rings. The molecule has 2 atom stereocenters. The smallest absolute Gasteiger partial charge is 0.312 e. The average Bonchev–Trinajstić information content (AvgIpc) is 2.92. The zero-order chi connectivity index (χ0) is 14.3. The number of nitro groups is 1. The van der Waals surface area contributed by atoms with Crippen molar-refractivity contribution < 1.29 is 9.66 Å². The standard InChI is InChI=1S/C14H17ClN2O3/c15-9-4-3-5-10(17(18)19)13(9)20-12-8-11(16)14(12)6-1-2-7-14/h3-5,11-12H,1-2,6-8,16H2. The second-order valence-corrected chi connectivity index (χ2v) is 6.14. The monoisotopic (exact) mass is 296 g/mol. The third-order valence-electron chi connectivity index (χ3n) is 4.79. The summed E-state index contributed by atoms with van der Waals surface area (Å²) in [5, 5.41) is 11.4. The second-order valence-electron chi connectivity index (χ2n) is 5.73. The largest absolute Gasteiger partial charge is 0.482 e. The first-order valence-electron chi connectivity index (χ1n) is 6.90. The van der Waals surface area contributed by atoms with Gasteiger partial charge in [-0.2, -0.15) is 0 Å². The van der Waals surface area contributed by atoms with Crippen LogP contribution in [0.2, 0.25) is 5.02 Å². The number of nitro benzene ring substituents is 1. The van der Waals surface area contributed by atoms with Gasteiger partial charge < -0.3 is 10.5 Å². The Bertz CT molecular complexity index is 543. The van der Waals surface area contributed by atoms with E-state index >= 15 is 0 Å². The third-order valence-corrected chi connectivity index (χ3v) is 5.08. The first-order valence-corrected chi connectivity index (χ1v) is 7.27. The fourth-order valence-corrected chi connectivity index (χ4v) is 3.78. The van der Waals surface area contributed by atoms with Crippen molar-refractivity contribution in [3.05, 3.63) is 33.3 Å². The number of nitrogens with zero attached hydrogens (tertiary/aromatic N) is 1. The molecule has 2 fully saturated rings. The molecule has 6 heteroatoms. The fraction of sp³-hybridized carbons (Fsp3) is 0.571. The lowest BCUT2D eigenvalue weighted by molar-refractivity contribution is -0.386. The Labute approximate surface area is 122 Å². The number of halogens is 1. The van der Waals surface area contributed by atoms with E-state index in [9.17, 15) is 10.1 Å². The Balaban J connectivity index is 1.87. The molecule has 1 aromatic carbocycles. The Kier molecular flexibility index (Phi) is 3.34. The molecule has 0 amide bonds. The zero-order valence-electron chi connectivity index (χ0n) is 11.0. The number of benzene rings is 1. The number of para-hydroxylation sites is 1. The minimum atomic E-state index is -0.457. The Hall–Kier alpha value is -1.33. The van der Waals surface area contributed by atoms with Gasteiger partial charge in [-0.25, -0.2) is 0 Å². The van der Waals surface area contributed by atoms with Gasteiger partial charge in [-0.3, -0.25) is 10.1 Å². The molecule has 3 rings (SSSR count). The molecule has 0 bridgehead atoms. The lowest BCUT2D eigenvalue weighted by Gasteiger charge is -2.52. The van der Waals surface area contributed by atoms with Crippen LogP contribution in [0.25, 0.3) is 0 Å². The SMILES string of the molecule is NC1CC(Oc2c(Cl)cccc2[N+](=O)[O-])C12CCCC2. The molecular weight excluding hydrogens is 280 g/mol. The number of nitrogens with two attached hydrogens (primary N) is 1. The summed E-state index contributed by atoms with van der Waals surface area (Å²) < 4.78 is 5.93. The van der Waals surface area contributed by atoms with Gasteiger partial charge in [0.2, 0.25) is 5.75 Å². The van der Waals surface area contributed by atoms with Crippen LogP contribution in [0.1, 0.15) is 32.1 Å². The van der Waals surface area contributed by atoms with E-state index in [1.165, 1.54) is 6.07 Å². The molecule has 5 nitrogen and oxygen atoms in total. The lowest BCUT2D eigenvalue weighted by atomic mass is 9.61. The van der Waals surface area contributed by atoms with Crippen LogP contribution in [0.15, 0.2) is 18.2 Å². The molecule has 2 aliphatic carbocycles. The van der Waals surface area contributed by atoms with Crippen molar-refractivity contribution in [2.24, 2.45) is 11.1 Å². The van der Waals surface area contributed by atoms with Crippen molar-refractivity contribution in [1.82, 2.24) is 0 Å². The molecule has 20 heavy (non-hydrogen) atoms. The van der Waals surface area contributed by atoms with E-state index in [0.29, 0.717) is 0 Å². The van der Waals surface area contributed by atoms with Crippen LogP contribution in [0.4, 0.5) is 5.69 Å². The number of hydrogen-bond donors (Lipinski definition) is 1. The number of ether oxygens (including phenoxy) is 1. The van der Waals surface area contributed by atoms with Gasteiger partial charge in [0.1, 0.15) is 6.10 Å². The molecule has 108 valence electrons. The van der Waals surface area contributed by atoms with Crippen LogP contribution >= 0.6 is 11.6 Å². The maximum absolute atomic E-state index is 11.1. The Morgan fingerprint density at radius 3 is 2.70 bits per heavy atom. The van der Waals surface area contributed by atoms with Gasteiger partial charge >= 0.3 is 5.69 Å². The van der Waals surface area contributed by atoms with Crippen molar-refractivity contribution in [3.8, 4) is 5.75 Å². The quantitative estimate of drug-likeness (QED) is 0.686. The summed E-state index contributed by atoms with van der Waals surface area (Å²) in [4.78, 5) is 10.6. The van der Waals surface area contributed by atoms with Crippen molar-refractivity contribution >= 4 is 17.3 Å². The highest BCUT2D eigenvalue weighted by atomic mass is 35.5. The number of hydrogen-bond acceptors (Lipinski definition) is 4. The summed E-state index contributed by atoms with van der Waals surface area (Å²) in [6.07, 6.45) is 5.06. The van der Waals surface area contributed by atoms with Crippen LogP contribution < -0.4 is 10.5 Å². The molecule has 0 radical (unpaired) electrons. The first-order chi connectivity index (χ1) is 9.54. The fourth-order valence-electron chi connectivity index (χ4n) is 3.57. The topological polar surface area (TPSA) is 78.4 Å². The predicted molar refractivity (Wildman–Crippen MR) is 76.0 cm³/mol. The summed E-state index contributed by atoms with van der Waals surface area (Å²) >= 11 is 6.07. The van der Waals surface area contributed by atoms with Crippen LogP contribution in [0.3, 0.4) is 0 Å². The van der Waals surface area contributed by atoms with Crippen molar-refractivity contribution in [3.63, 3.8) is 0 Å². The van der Waals surface area contributed by atoms with Crippen molar-refractivity contribution in [2.75, 3.05) is 0 Å². The zero-order valence-corrected chi connectivity index (χ0v) is 11.8. The van der Waals surface area contributed by atoms with Crippen LogP contribution in [0, 0.1) is 15.5 Å². The first kappa shape index (κ1) is 13.6. The van der Waals surface area contributed by atoms with E-state index in [2.05, 4.69) is 0 Å². The van der Waals surface area contributed by atoms with Gasteiger partial charge in [0.15, 0.2) is 0 Å². The molecule has 2 N–H and O–H groups in total. The molecule has 0 aliphatic heterocycles. The van der Waals surface area contributed by atoms with E-state index in [4.69, 9.17) is 22.1 Å². The molecule has 2 unspecified atom stereocenters. The molecule has 0 aromatic heterocycles. The second kappa shape index (κ2) is 4.90. The predicted octanol–water partition coefficient (Wildman–Crippen LogP) is 3.29. The van der Waals surface area contributed by atoms with Gasteiger partial charge in [-0.05, 0) is 18.9 Å². The summed E-state index contributed by atoms with van der Waals surface area (Å²) in [6, 6.07) is 4.73. The van der Waals surface area contributed by atoms with Gasteiger partial charge in [-0.1, -0.05) is 30.5 Å². The normalized spacial score (nSPS) is 27.3. The van der Waals surface area contributed by atoms with Crippen LogP contribution in [0.5, 0.6) is 5.75 Å². The van der Waals surface area contributed by atoms with E-state index in [1.807, 2.05) is 0 Å². The van der Waals surface area contributed by atoms with Gasteiger partial charge in [0.25, 0.3) is 0 Å². The summed E-state index contributed by atoms with van der Waals surface area (Å²) in [5.41, 5.74) is 6.07. The molecule has 2 saturated carbocycles. The van der Waals surface area contributed by atoms with Crippen molar-refractivity contribution in [2.45, 2.75) is 44.2 Å². The van der Waals surface area contributed by atoms with Gasteiger partial charge in [-0.15, -0.1) is 0 Å². The minimum Gasteiger partial charge on any atom is -0.482 e. The van der Waals surface area contributed by atoms with E-state index in [-0.39, 0.29) is 34.0 Å². The summed E-state index contributed by atoms with van der Waals surface area (Å²) in [5.74, 6) is 0.183. The highest BCUT2D eigenvalue weighted by molar-refractivity contribution is 6.32. The Morgan fingerprint density at radius 1 is 1.40 bits per heavy atom. The van der Waals surface area contributed by atoms with Gasteiger partial charge in [0.05, 0.1) is 9.95 Å². The minimum absolute atomic E-state index is 0.00691. The molecule has 0 saturated heterocycles. The number of rotatable bonds is 3. The summed E-state index contributed by atoms with van der Waals surface area (Å²) in [7, 11) is 0. The van der Waals surface area contributed by atoms with E-state index < -0.39 is 4.92 Å². The van der Waals surface area contributed by atoms with Crippen LogP contribution in [-0.2, 0) is 0 Å².